The van der Waals surface area contributed by atoms with E-state index >= 15 is 0 Å². The second-order valence-electron chi connectivity index (χ2n) is 3.40. The molecule has 0 spiro atoms. The summed E-state index contributed by atoms with van der Waals surface area (Å²) in [5.41, 5.74) is -3.50. The highest BCUT2D eigenvalue weighted by Crippen LogP contribution is 2.49. The average Bonchev–Trinajstić information content (AvgIpc) is 2.10. The fourth-order valence-corrected chi connectivity index (χ4v) is 2.26. The molecule has 0 aromatic heterocycles. The lowest BCUT2D eigenvalue weighted by Crippen LogP contribution is -2.52. The number of halogens is 4. The van der Waals surface area contributed by atoms with Gasteiger partial charge in [-0.2, -0.15) is 0 Å². The van der Waals surface area contributed by atoms with Crippen molar-refractivity contribution in [2.24, 2.45) is 0 Å². The van der Waals surface area contributed by atoms with E-state index in [4.69, 9.17) is 46.4 Å². The predicted octanol–water partition coefficient (Wildman–Crippen LogP) is 2.88. The molecule has 14 heavy (non-hydrogen) atoms. The van der Waals surface area contributed by atoms with Crippen LogP contribution in [0, 0.1) is 0 Å². The summed E-state index contributed by atoms with van der Waals surface area (Å²) in [5, 5.41) is 19.5. The molecule has 1 aliphatic rings. The summed E-state index contributed by atoms with van der Waals surface area (Å²) in [6, 6.07) is 0. The van der Waals surface area contributed by atoms with Gasteiger partial charge in [-0.3, -0.25) is 0 Å². The minimum absolute atomic E-state index is 0.0464. The topological polar surface area (TPSA) is 40.5 Å². The molecule has 6 heteroatoms. The Labute approximate surface area is 102 Å². The Hall–Kier alpha value is 0.560. The zero-order valence-corrected chi connectivity index (χ0v) is 10.4. The quantitative estimate of drug-likeness (QED) is 0.715. The van der Waals surface area contributed by atoms with Crippen LogP contribution in [-0.2, 0) is 0 Å². The Morgan fingerprint density at radius 2 is 1.00 bits per heavy atom. The molecule has 0 fully saturated rings. The molecule has 0 aromatic rings. The molecule has 2 nitrogen and oxygen atoms in total. The maximum atomic E-state index is 9.93. The zero-order valence-electron chi connectivity index (χ0n) is 7.41. The first-order valence-corrected chi connectivity index (χ1v) is 5.22. The van der Waals surface area contributed by atoms with Crippen LogP contribution in [0.5, 0.6) is 0 Å². The van der Waals surface area contributed by atoms with Gasteiger partial charge in [0.25, 0.3) is 0 Å². The van der Waals surface area contributed by atoms with Gasteiger partial charge in [0.05, 0.1) is 20.1 Å². The lowest BCUT2D eigenvalue weighted by molar-refractivity contribution is -0.0764. The van der Waals surface area contributed by atoms with Gasteiger partial charge in [-0.1, -0.05) is 46.4 Å². The van der Waals surface area contributed by atoms with Gasteiger partial charge >= 0.3 is 0 Å². The highest BCUT2D eigenvalue weighted by molar-refractivity contribution is 6.52. The molecule has 0 radical (unpaired) electrons. The van der Waals surface area contributed by atoms with Crippen LogP contribution in [0.25, 0.3) is 0 Å². The predicted molar refractivity (Wildman–Crippen MR) is 58.7 cm³/mol. The molecule has 0 bridgehead atoms. The molecule has 0 saturated carbocycles. The summed E-state index contributed by atoms with van der Waals surface area (Å²) in [5.74, 6) is 0. The van der Waals surface area contributed by atoms with Crippen LogP contribution >= 0.6 is 46.4 Å². The van der Waals surface area contributed by atoms with Gasteiger partial charge in [-0.25, -0.2) is 0 Å². The Morgan fingerprint density at radius 1 is 0.786 bits per heavy atom. The van der Waals surface area contributed by atoms with E-state index in [9.17, 15) is 10.2 Å². The van der Waals surface area contributed by atoms with Crippen molar-refractivity contribution in [3.8, 4) is 0 Å². The highest BCUT2D eigenvalue weighted by atomic mass is 35.5. The third kappa shape index (κ3) is 1.49. The largest absolute Gasteiger partial charge is 0.381 e. The second kappa shape index (κ2) is 3.55. The zero-order chi connectivity index (χ0) is 11.3. The minimum Gasteiger partial charge on any atom is -0.381 e. The number of allylic oxidation sites excluding steroid dienone is 2. The normalized spacial score (nSPS) is 39.4. The lowest BCUT2D eigenvalue weighted by atomic mass is 9.82. The Morgan fingerprint density at radius 3 is 1.21 bits per heavy atom. The van der Waals surface area contributed by atoms with E-state index in [1.54, 1.807) is 0 Å². The summed E-state index contributed by atoms with van der Waals surface area (Å²) in [6.07, 6.45) is 0. The van der Waals surface area contributed by atoms with Gasteiger partial charge in [0, 0.05) is 0 Å². The van der Waals surface area contributed by atoms with Gasteiger partial charge in [0.1, 0.15) is 11.2 Å². The fourth-order valence-electron chi connectivity index (χ4n) is 1.05. The van der Waals surface area contributed by atoms with Crippen LogP contribution < -0.4 is 0 Å². The van der Waals surface area contributed by atoms with Crippen molar-refractivity contribution >= 4 is 46.4 Å². The molecule has 1 rings (SSSR count). The Balaban J connectivity index is 3.48. The molecule has 80 valence electrons. The van der Waals surface area contributed by atoms with Gasteiger partial charge in [0.15, 0.2) is 0 Å². The maximum absolute atomic E-state index is 9.93. The van der Waals surface area contributed by atoms with Crippen molar-refractivity contribution in [1.29, 1.82) is 0 Å². The van der Waals surface area contributed by atoms with E-state index in [0.29, 0.717) is 0 Å². The Bertz CT molecular complexity index is 307. The molecule has 2 N–H and O–H groups in total. The monoisotopic (exact) mass is 276 g/mol. The van der Waals surface area contributed by atoms with Crippen LogP contribution in [-0.4, -0.2) is 21.4 Å². The van der Waals surface area contributed by atoms with Crippen molar-refractivity contribution in [1.82, 2.24) is 0 Å². The first kappa shape index (κ1) is 12.6. The van der Waals surface area contributed by atoms with Crippen molar-refractivity contribution in [3.63, 3.8) is 0 Å². The van der Waals surface area contributed by atoms with Gasteiger partial charge < -0.3 is 10.2 Å². The highest BCUT2D eigenvalue weighted by Gasteiger charge is 2.52. The third-order valence-electron chi connectivity index (χ3n) is 2.38. The summed E-state index contributed by atoms with van der Waals surface area (Å²) in [4.78, 5) is 0. The first-order valence-electron chi connectivity index (χ1n) is 3.70. The maximum Gasteiger partial charge on any atom is 0.132 e. The number of rotatable bonds is 0. The molecule has 2 atom stereocenters. The van der Waals surface area contributed by atoms with Crippen LogP contribution in [0.4, 0.5) is 0 Å². The van der Waals surface area contributed by atoms with Crippen molar-refractivity contribution in [3.05, 3.63) is 20.1 Å². The van der Waals surface area contributed by atoms with Crippen molar-refractivity contribution in [2.75, 3.05) is 0 Å². The molecule has 0 aromatic carbocycles. The molecular weight excluding hydrogens is 270 g/mol. The van der Waals surface area contributed by atoms with E-state index in [2.05, 4.69) is 0 Å². The standard InChI is InChI=1S/C8H8Cl4O2/c1-7(13)5(11)3(9)4(10)6(12)8(7,2)14/h13-14H,1-2H3. The van der Waals surface area contributed by atoms with Crippen LogP contribution in [0.2, 0.25) is 0 Å². The minimum atomic E-state index is -1.75. The Kier molecular flexibility index (Phi) is 3.20. The molecule has 2 unspecified atom stereocenters. The molecule has 0 saturated heterocycles. The van der Waals surface area contributed by atoms with Crippen LogP contribution in [0.1, 0.15) is 13.8 Å². The van der Waals surface area contributed by atoms with Crippen molar-refractivity contribution < 1.29 is 10.2 Å². The van der Waals surface area contributed by atoms with Gasteiger partial charge in [-0.15, -0.1) is 0 Å². The number of hydrogen-bond donors (Lipinski definition) is 2. The summed E-state index contributed by atoms with van der Waals surface area (Å²) in [6.45, 7) is 2.62. The summed E-state index contributed by atoms with van der Waals surface area (Å²) < 4.78 is 0. The fraction of sp³-hybridized carbons (Fsp3) is 0.500. The first-order chi connectivity index (χ1) is 6.14. The van der Waals surface area contributed by atoms with Crippen LogP contribution in [0.3, 0.4) is 0 Å². The summed E-state index contributed by atoms with van der Waals surface area (Å²) >= 11 is 23.0. The van der Waals surface area contributed by atoms with Crippen molar-refractivity contribution in [2.45, 2.75) is 25.0 Å². The second-order valence-corrected chi connectivity index (χ2v) is 4.91. The molecule has 0 aliphatic heterocycles. The molecule has 1 aliphatic carbocycles. The van der Waals surface area contributed by atoms with E-state index in [1.165, 1.54) is 13.8 Å². The lowest BCUT2D eigenvalue weighted by Gasteiger charge is -2.41. The molecule has 0 heterocycles. The van der Waals surface area contributed by atoms with E-state index in [1.807, 2.05) is 0 Å². The smallest absolute Gasteiger partial charge is 0.132 e. The van der Waals surface area contributed by atoms with Gasteiger partial charge in [-0.05, 0) is 13.8 Å². The van der Waals surface area contributed by atoms with E-state index in [-0.39, 0.29) is 20.1 Å². The van der Waals surface area contributed by atoms with Crippen LogP contribution in [0.15, 0.2) is 20.1 Å². The van der Waals surface area contributed by atoms with E-state index < -0.39 is 11.2 Å². The number of hydrogen-bond acceptors (Lipinski definition) is 2. The molecular formula is C8H8Cl4O2. The molecule has 0 amide bonds. The third-order valence-corrected chi connectivity index (χ3v) is 4.54. The van der Waals surface area contributed by atoms with Gasteiger partial charge in [0.2, 0.25) is 0 Å². The summed E-state index contributed by atoms with van der Waals surface area (Å²) in [7, 11) is 0. The number of aliphatic hydroxyl groups is 2. The SMILES string of the molecule is CC1(O)C(Cl)=C(Cl)C(Cl)=C(Cl)C1(C)O. The average molecular weight is 278 g/mol. The van der Waals surface area contributed by atoms with E-state index in [0.717, 1.165) is 0 Å².